The molecule has 0 spiro atoms. The van der Waals surface area contributed by atoms with E-state index in [2.05, 4.69) is 38.0 Å². The van der Waals surface area contributed by atoms with Crippen LogP contribution in [0.1, 0.15) is 18.5 Å². The van der Waals surface area contributed by atoms with Crippen LogP contribution in [0.2, 0.25) is 0 Å². The predicted octanol–water partition coefficient (Wildman–Crippen LogP) is 5.17. The second-order valence-electron chi connectivity index (χ2n) is 9.40. The summed E-state index contributed by atoms with van der Waals surface area (Å²) in [6.07, 6.45) is 1.84. The van der Waals surface area contributed by atoms with Crippen LogP contribution in [-0.4, -0.2) is 48.0 Å². The maximum atomic E-state index is 12.9. The Morgan fingerprint density at radius 1 is 0.972 bits per heavy atom. The van der Waals surface area contributed by atoms with Gasteiger partial charge in [-0.25, -0.2) is 4.79 Å². The first kappa shape index (κ1) is 23.8. The molecule has 0 bridgehead atoms. The maximum absolute atomic E-state index is 12.9. The number of carbonyl (C=O) groups is 2. The van der Waals surface area contributed by atoms with E-state index in [4.69, 9.17) is 0 Å². The molecule has 4 aromatic rings. The number of carbonyl (C=O) groups excluding carboxylic acids is 2. The lowest BCUT2D eigenvalue weighted by atomic mass is 9.97. The largest absolute Gasteiger partial charge is 0.337 e. The number of piperidine rings is 1. The molecule has 1 unspecified atom stereocenters. The van der Waals surface area contributed by atoms with Gasteiger partial charge in [-0.05, 0) is 61.3 Å². The zero-order chi connectivity index (χ0) is 24.9. The Morgan fingerprint density at radius 3 is 2.67 bits per heavy atom. The molecule has 1 aliphatic rings. The van der Waals surface area contributed by atoms with Gasteiger partial charge in [-0.1, -0.05) is 48.5 Å². The van der Waals surface area contributed by atoms with Crippen LogP contribution in [0.25, 0.3) is 21.7 Å². The third-order valence-electron chi connectivity index (χ3n) is 6.70. The molecular weight excluding hydrogens is 450 g/mol. The van der Waals surface area contributed by atoms with E-state index in [1.807, 2.05) is 67.6 Å². The van der Waals surface area contributed by atoms with Crippen molar-refractivity contribution in [2.45, 2.75) is 19.8 Å². The van der Waals surface area contributed by atoms with Gasteiger partial charge in [0.25, 0.3) is 0 Å². The molecule has 1 saturated heterocycles. The normalized spacial score (nSPS) is 16.1. The van der Waals surface area contributed by atoms with E-state index in [1.165, 1.54) is 0 Å². The van der Waals surface area contributed by atoms with E-state index >= 15 is 0 Å². The number of aromatic nitrogens is 1. The Balaban J connectivity index is 1.11. The smallest absolute Gasteiger partial charge is 0.319 e. The minimum Gasteiger partial charge on any atom is -0.337 e. The highest BCUT2D eigenvalue weighted by Crippen LogP contribution is 2.23. The molecule has 2 heterocycles. The molecule has 1 fully saturated rings. The first-order chi connectivity index (χ1) is 17.5. The number of nitrogens with zero attached hydrogens (tertiary/aromatic N) is 2. The molecule has 184 valence electrons. The second-order valence-corrected chi connectivity index (χ2v) is 9.40. The molecular formula is C29H31N5O2. The number of likely N-dealkylation sites (tertiary alicyclic amines) is 1. The Labute approximate surface area is 210 Å². The molecule has 1 aromatic heterocycles. The quantitative estimate of drug-likeness (QED) is 0.355. The van der Waals surface area contributed by atoms with Crippen LogP contribution in [-0.2, 0) is 4.79 Å². The van der Waals surface area contributed by atoms with Crippen molar-refractivity contribution in [3.8, 4) is 0 Å². The fourth-order valence-corrected chi connectivity index (χ4v) is 4.89. The number of para-hydroxylation sites is 1. The van der Waals surface area contributed by atoms with Crippen molar-refractivity contribution >= 4 is 45.0 Å². The number of amides is 3. The zero-order valence-corrected chi connectivity index (χ0v) is 20.5. The van der Waals surface area contributed by atoms with E-state index in [0.29, 0.717) is 19.6 Å². The van der Waals surface area contributed by atoms with Gasteiger partial charge in [-0.2, -0.15) is 0 Å². The van der Waals surface area contributed by atoms with Gasteiger partial charge in [0.05, 0.1) is 17.1 Å². The number of hydrogen-bond acceptors (Lipinski definition) is 4. The zero-order valence-electron chi connectivity index (χ0n) is 20.5. The highest BCUT2D eigenvalue weighted by molar-refractivity contribution is 6.00. The van der Waals surface area contributed by atoms with Crippen molar-refractivity contribution < 1.29 is 9.59 Å². The second kappa shape index (κ2) is 10.7. The van der Waals surface area contributed by atoms with Crippen LogP contribution in [0.5, 0.6) is 0 Å². The van der Waals surface area contributed by atoms with Crippen LogP contribution in [0.15, 0.2) is 72.8 Å². The minimum atomic E-state index is -0.242. The van der Waals surface area contributed by atoms with Gasteiger partial charge in [-0.3, -0.25) is 9.78 Å². The van der Waals surface area contributed by atoms with Gasteiger partial charge in [0.15, 0.2) is 0 Å². The van der Waals surface area contributed by atoms with Crippen LogP contribution in [0.4, 0.5) is 16.2 Å². The van der Waals surface area contributed by atoms with E-state index in [9.17, 15) is 9.59 Å². The Kier molecular flexibility index (Phi) is 7.09. The van der Waals surface area contributed by atoms with E-state index < -0.39 is 0 Å². The number of rotatable bonds is 6. The summed E-state index contributed by atoms with van der Waals surface area (Å²) in [5.74, 6) is -0.00850. The lowest BCUT2D eigenvalue weighted by molar-refractivity contribution is -0.121. The van der Waals surface area contributed by atoms with Gasteiger partial charge in [0, 0.05) is 36.4 Å². The third-order valence-corrected chi connectivity index (χ3v) is 6.70. The summed E-state index contributed by atoms with van der Waals surface area (Å²) in [6, 6.07) is 23.5. The number of nitrogens with one attached hydrogen (secondary N) is 3. The molecule has 0 aliphatic carbocycles. The first-order valence-corrected chi connectivity index (χ1v) is 12.5. The topological polar surface area (TPSA) is 86.4 Å². The lowest BCUT2D eigenvalue weighted by Crippen LogP contribution is -2.44. The molecule has 7 nitrogen and oxygen atoms in total. The van der Waals surface area contributed by atoms with Crippen molar-refractivity contribution in [1.29, 1.82) is 0 Å². The third kappa shape index (κ3) is 5.63. The molecule has 1 atom stereocenters. The van der Waals surface area contributed by atoms with E-state index in [-0.39, 0.29) is 17.9 Å². The van der Waals surface area contributed by atoms with E-state index in [0.717, 1.165) is 58.1 Å². The lowest BCUT2D eigenvalue weighted by Gasteiger charge is -2.32. The van der Waals surface area contributed by atoms with Gasteiger partial charge in [-0.15, -0.1) is 0 Å². The highest BCUT2D eigenvalue weighted by Gasteiger charge is 2.25. The summed E-state index contributed by atoms with van der Waals surface area (Å²) >= 11 is 0. The summed E-state index contributed by atoms with van der Waals surface area (Å²) in [7, 11) is 0. The van der Waals surface area contributed by atoms with E-state index in [1.54, 1.807) is 0 Å². The molecule has 36 heavy (non-hydrogen) atoms. The van der Waals surface area contributed by atoms with Gasteiger partial charge >= 0.3 is 6.03 Å². The number of benzene rings is 3. The Hall–Kier alpha value is -3.97. The maximum Gasteiger partial charge on any atom is 0.319 e. The fourth-order valence-electron chi connectivity index (χ4n) is 4.89. The molecule has 3 aromatic carbocycles. The summed E-state index contributed by atoms with van der Waals surface area (Å²) in [5.41, 5.74) is 3.28. The van der Waals surface area contributed by atoms with Gasteiger partial charge in [0.2, 0.25) is 5.91 Å². The summed E-state index contributed by atoms with van der Waals surface area (Å²) < 4.78 is 0. The van der Waals surface area contributed by atoms with Crippen LogP contribution >= 0.6 is 0 Å². The van der Waals surface area contributed by atoms with Gasteiger partial charge in [0.1, 0.15) is 0 Å². The van der Waals surface area contributed by atoms with Crippen LogP contribution < -0.4 is 16.0 Å². The minimum absolute atomic E-state index is 0.0561. The Morgan fingerprint density at radius 2 is 1.78 bits per heavy atom. The van der Waals surface area contributed by atoms with Gasteiger partial charge < -0.3 is 20.9 Å². The number of fused-ring (bicyclic) bond motifs is 2. The molecule has 7 heteroatoms. The number of urea groups is 1. The fraction of sp³-hybridized carbons (Fsp3) is 0.276. The monoisotopic (exact) mass is 481 g/mol. The molecule has 5 rings (SSSR count). The Bertz CT molecular complexity index is 1400. The summed E-state index contributed by atoms with van der Waals surface area (Å²) in [6.45, 7) is 4.74. The van der Waals surface area contributed by atoms with Crippen molar-refractivity contribution in [1.82, 2.24) is 15.2 Å². The van der Waals surface area contributed by atoms with Crippen molar-refractivity contribution in [2.24, 2.45) is 5.92 Å². The summed E-state index contributed by atoms with van der Waals surface area (Å²) in [4.78, 5) is 32.3. The molecule has 0 radical (unpaired) electrons. The standard InChI is InChI=1S/C29H31N5O2/c1-20-17-27(25-10-4-5-11-26(25)31-20)33-29(36)30-14-16-34-15-6-9-23(19-34)28(35)32-24-13-12-21-7-2-3-8-22(21)18-24/h2-5,7-8,10-13,17-18,23H,6,9,14-16,19H2,1H3,(H,32,35)(H2,30,31,33,36). The SMILES string of the molecule is Cc1cc(NC(=O)NCCN2CCCC(C(=O)Nc3ccc4ccccc4c3)C2)c2ccccc2n1. The number of hydrogen-bond donors (Lipinski definition) is 3. The molecule has 1 aliphatic heterocycles. The molecule has 3 amide bonds. The predicted molar refractivity (Wildman–Crippen MR) is 145 cm³/mol. The average molecular weight is 482 g/mol. The highest BCUT2D eigenvalue weighted by atomic mass is 16.2. The molecule has 0 saturated carbocycles. The van der Waals surface area contributed by atoms with Crippen molar-refractivity contribution in [2.75, 3.05) is 36.8 Å². The average Bonchev–Trinajstić information content (AvgIpc) is 2.88. The van der Waals surface area contributed by atoms with Crippen molar-refractivity contribution in [3.05, 3.63) is 78.5 Å². The number of aryl methyl sites for hydroxylation is 1. The van der Waals surface area contributed by atoms with Crippen molar-refractivity contribution in [3.63, 3.8) is 0 Å². The van der Waals surface area contributed by atoms with Crippen LogP contribution in [0, 0.1) is 12.8 Å². The number of pyridine rings is 1. The summed E-state index contributed by atoms with van der Waals surface area (Å²) in [5, 5.41) is 12.2. The number of anilines is 2. The van der Waals surface area contributed by atoms with Crippen LogP contribution in [0.3, 0.4) is 0 Å². The first-order valence-electron chi connectivity index (χ1n) is 12.5. The molecule has 3 N–H and O–H groups in total.